The van der Waals surface area contributed by atoms with Crippen molar-refractivity contribution in [1.82, 2.24) is 4.98 Å². The minimum Gasteiger partial charge on any atom is -0.505 e. The molecule has 4 rings (SSSR count). The van der Waals surface area contributed by atoms with Crippen LogP contribution >= 0.6 is 0 Å². The van der Waals surface area contributed by atoms with Crippen molar-refractivity contribution in [3.63, 3.8) is 0 Å². The molecular weight excluding hydrogens is 396 g/mol. The third kappa shape index (κ3) is 3.82. The SMILES string of the molecule is COc1ccc(N(C(=O)c2cccnc2)c2ccc(C(=O)O)cc2)c(O)c1C1CCC1. The van der Waals surface area contributed by atoms with E-state index >= 15 is 0 Å². The smallest absolute Gasteiger partial charge is 0.335 e. The van der Waals surface area contributed by atoms with Crippen molar-refractivity contribution < 1.29 is 24.5 Å². The highest BCUT2D eigenvalue weighted by Crippen LogP contribution is 2.49. The van der Waals surface area contributed by atoms with Crippen molar-refractivity contribution in [3.8, 4) is 11.5 Å². The lowest BCUT2D eigenvalue weighted by atomic mass is 9.79. The normalized spacial score (nSPS) is 13.3. The van der Waals surface area contributed by atoms with Gasteiger partial charge in [-0.15, -0.1) is 0 Å². The first kappa shape index (κ1) is 20.4. The molecule has 2 aromatic carbocycles. The number of phenolic OH excluding ortho intramolecular Hbond substituents is 1. The van der Waals surface area contributed by atoms with Gasteiger partial charge in [-0.05, 0) is 67.3 Å². The standard InChI is InChI=1S/C24H22N2O5/c1-31-20-12-11-19(22(27)21(20)15-4-2-5-15)26(23(28)17-6-3-13-25-14-17)18-9-7-16(8-10-18)24(29)30/h3,6-15,27H,2,4-5H2,1H3,(H,29,30). The fourth-order valence-corrected chi connectivity index (χ4v) is 3.77. The molecule has 0 saturated heterocycles. The second kappa shape index (κ2) is 8.47. The second-order valence-electron chi connectivity index (χ2n) is 7.41. The van der Waals surface area contributed by atoms with Gasteiger partial charge in [0.25, 0.3) is 5.91 Å². The Bertz CT molecular complexity index is 1110. The summed E-state index contributed by atoms with van der Waals surface area (Å²) in [6.07, 6.45) is 5.98. The van der Waals surface area contributed by atoms with E-state index in [-0.39, 0.29) is 17.2 Å². The van der Waals surface area contributed by atoms with E-state index in [2.05, 4.69) is 4.98 Å². The molecule has 7 nitrogen and oxygen atoms in total. The lowest BCUT2D eigenvalue weighted by Gasteiger charge is -2.31. The zero-order valence-electron chi connectivity index (χ0n) is 17.0. The van der Waals surface area contributed by atoms with Gasteiger partial charge in [0.2, 0.25) is 0 Å². The van der Waals surface area contributed by atoms with E-state index in [4.69, 9.17) is 4.74 Å². The number of hydrogen-bond acceptors (Lipinski definition) is 5. The van der Waals surface area contributed by atoms with E-state index in [1.165, 1.54) is 23.2 Å². The van der Waals surface area contributed by atoms with Crippen LogP contribution in [0.5, 0.6) is 11.5 Å². The van der Waals surface area contributed by atoms with Gasteiger partial charge >= 0.3 is 5.97 Å². The minimum absolute atomic E-state index is 0.0106. The summed E-state index contributed by atoms with van der Waals surface area (Å²) in [7, 11) is 1.56. The van der Waals surface area contributed by atoms with Crippen LogP contribution in [0.2, 0.25) is 0 Å². The molecule has 7 heteroatoms. The third-order valence-corrected chi connectivity index (χ3v) is 5.61. The van der Waals surface area contributed by atoms with E-state index in [0.29, 0.717) is 28.3 Å². The molecule has 0 bridgehead atoms. The number of phenols is 1. The molecule has 1 heterocycles. The average Bonchev–Trinajstić information content (AvgIpc) is 2.76. The van der Waals surface area contributed by atoms with Crippen LogP contribution in [0.25, 0.3) is 0 Å². The Hall–Kier alpha value is -3.87. The van der Waals surface area contributed by atoms with E-state index in [9.17, 15) is 19.8 Å². The fourth-order valence-electron chi connectivity index (χ4n) is 3.77. The Morgan fingerprint density at radius 2 is 1.81 bits per heavy atom. The molecule has 0 atom stereocenters. The summed E-state index contributed by atoms with van der Waals surface area (Å²) >= 11 is 0. The van der Waals surface area contributed by atoms with Crippen LogP contribution in [0.1, 0.15) is 51.5 Å². The number of ether oxygens (including phenoxy) is 1. The molecule has 1 amide bonds. The lowest BCUT2D eigenvalue weighted by molar-refractivity contribution is 0.0696. The number of carbonyl (C=O) groups excluding carboxylic acids is 1. The summed E-state index contributed by atoms with van der Waals surface area (Å²) in [5.41, 5.74) is 1.87. The summed E-state index contributed by atoms with van der Waals surface area (Å²) < 4.78 is 5.47. The van der Waals surface area contributed by atoms with E-state index in [1.54, 1.807) is 49.7 Å². The van der Waals surface area contributed by atoms with Crippen LogP contribution in [-0.4, -0.2) is 34.2 Å². The number of aromatic carboxylic acids is 1. The first-order valence-electron chi connectivity index (χ1n) is 9.99. The first-order chi connectivity index (χ1) is 15.0. The number of carboxylic acid groups (broad SMARTS) is 1. The van der Waals surface area contributed by atoms with Gasteiger partial charge in [0, 0.05) is 23.6 Å². The number of amides is 1. The fraction of sp³-hybridized carbons (Fsp3) is 0.208. The molecule has 1 aromatic heterocycles. The van der Waals surface area contributed by atoms with Crippen molar-refractivity contribution in [2.75, 3.05) is 12.0 Å². The van der Waals surface area contributed by atoms with Crippen molar-refractivity contribution >= 4 is 23.3 Å². The summed E-state index contributed by atoms with van der Waals surface area (Å²) in [5, 5.41) is 20.4. The largest absolute Gasteiger partial charge is 0.505 e. The Balaban J connectivity index is 1.86. The van der Waals surface area contributed by atoms with E-state index in [0.717, 1.165) is 19.3 Å². The summed E-state index contributed by atoms with van der Waals surface area (Å²) in [5.74, 6) is -0.711. The summed E-state index contributed by atoms with van der Waals surface area (Å²) in [4.78, 5) is 30.1. The minimum atomic E-state index is -1.06. The zero-order chi connectivity index (χ0) is 22.0. The van der Waals surface area contributed by atoms with Crippen LogP contribution in [0.4, 0.5) is 11.4 Å². The van der Waals surface area contributed by atoms with Gasteiger partial charge in [0.15, 0.2) is 0 Å². The predicted molar refractivity (Wildman–Crippen MR) is 115 cm³/mol. The number of methoxy groups -OCH3 is 1. The Kier molecular flexibility index (Phi) is 5.58. The maximum atomic E-state index is 13.5. The maximum Gasteiger partial charge on any atom is 0.335 e. The monoisotopic (exact) mass is 418 g/mol. The van der Waals surface area contributed by atoms with Gasteiger partial charge in [-0.2, -0.15) is 0 Å². The average molecular weight is 418 g/mol. The molecule has 0 spiro atoms. The van der Waals surface area contributed by atoms with Crippen molar-refractivity contribution in [2.24, 2.45) is 0 Å². The predicted octanol–water partition coefficient (Wildman–Crippen LogP) is 4.74. The van der Waals surface area contributed by atoms with Gasteiger partial charge in [0.1, 0.15) is 11.5 Å². The van der Waals surface area contributed by atoms with Gasteiger partial charge in [0.05, 0.1) is 23.9 Å². The number of anilines is 2. The molecule has 1 saturated carbocycles. The highest BCUT2D eigenvalue weighted by molar-refractivity contribution is 6.11. The molecule has 3 aromatic rings. The maximum absolute atomic E-state index is 13.5. The second-order valence-corrected chi connectivity index (χ2v) is 7.41. The number of nitrogens with zero attached hydrogens (tertiary/aromatic N) is 2. The number of carboxylic acids is 1. The molecule has 158 valence electrons. The third-order valence-electron chi connectivity index (χ3n) is 5.61. The topological polar surface area (TPSA) is 100.0 Å². The van der Waals surface area contributed by atoms with Crippen LogP contribution in [-0.2, 0) is 0 Å². The number of aromatic nitrogens is 1. The molecule has 31 heavy (non-hydrogen) atoms. The van der Waals surface area contributed by atoms with Crippen molar-refractivity contribution in [1.29, 1.82) is 0 Å². The summed E-state index contributed by atoms with van der Waals surface area (Å²) in [6.45, 7) is 0. The highest BCUT2D eigenvalue weighted by atomic mass is 16.5. The molecule has 0 unspecified atom stereocenters. The Morgan fingerprint density at radius 1 is 1.06 bits per heavy atom. The lowest BCUT2D eigenvalue weighted by Crippen LogP contribution is -2.26. The van der Waals surface area contributed by atoms with Gasteiger partial charge in [-0.1, -0.05) is 6.42 Å². The molecule has 0 aliphatic heterocycles. The Labute approximate surface area is 179 Å². The van der Waals surface area contributed by atoms with Crippen molar-refractivity contribution in [3.05, 3.63) is 77.6 Å². The number of benzene rings is 2. The number of carbonyl (C=O) groups is 2. The number of rotatable bonds is 6. The number of hydrogen-bond donors (Lipinski definition) is 2. The summed E-state index contributed by atoms with van der Waals surface area (Å²) in [6, 6.07) is 12.6. The molecule has 0 radical (unpaired) electrons. The molecule has 1 fully saturated rings. The van der Waals surface area contributed by atoms with Crippen LogP contribution in [0.15, 0.2) is 60.9 Å². The van der Waals surface area contributed by atoms with Crippen LogP contribution in [0.3, 0.4) is 0 Å². The number of pyridine rings is 1. The van der Waals surface area contributed by atoms with Gasteiger partial charge in [-0.3, -0.25) is 14.7 Å². The van der Waals surface area contributed by atoms with E-state index in [1.807, 2.05) is 0 Å². The molecule has 1 aliphatic rings. The van der Waals surface area contributed by atoms with Crippen molar-refractivity contribution in [2.45, 2.75) is 25.2 Å². The first-order valence-corrected chi connectivity index (χ1v) is 9.99. The number of aromatic hydroxyl groups is 1. The molecule has 2 N–H and O–H groups in total. The molecule has 1 aliphatic carbocycles. The quantitative estimate of drug-likeness (QED) is 0.600. The molecular formula is C24H22N2O5. The zero-order valence-corrected chi connectivity index (χ0v) is 17.0. The van der Waals surface area contributed by atoms with Gasteiger partial charge in [-0.25, -0.2) is 4.79 Å². The van der Waals surface area contributed by atoms with E-state index < -0.39 is 11.9 Å². The Morgan fingerprint density at radius 3 is 2.35 bits per heavy atom. The van der Waals surface area contributed by atoms with Crippen LogP contribution < -0.4 is 9.64 Å². The van der Waals surface area contributed by atoms with Gasteiger partial charge < -0.3 is 14.9 Å². The van der Waals surface area contributed by atoms with Crippen LogP contribution in [0, 0.1) is 0 Å². The highest BCUT2D eigenvalue weighted by Gasteiger charge is 2.31.